The van der Waals surface area contributed by atoms with Crippen molar-refractivity contribution in [2.24, 2.45) is 0 Å². The average Bonchev–Trinajstić information content (AvgIpc) is 2.66. The van der Waals surface area contributed by atoms with Crippen LogP contribution in [-0.2, 0) is 16.4 Å². The maximum atomic E-state index is 12.8. The second-order valence-electron chi connectivity index (χ2n) is 6.09. The summed E-state index contributed by atoms with van der Waals surface area (Å²) in [5.74, 6) is 0.758. The quantitative estimate of drug-likeness (QED) is 0.867. The van der Waals surface area contributed by atoms with Gasteiger partial charge in [0.2, 0.25) is 10.0 Å². The highest BCUT2D eigenvalue weighted by Crippen LogP contribution is 2.36. The zero-order valence-corrected chi connectivity index (χ0v) is 14.5. The Morgan fingerprint density at radius 1 is 1.08 bits per heavy atom. The molecule has 1 atom stereocenters. The van der Waals surface area contributed by atoms with E-state index >= 15 is 0 Å². The van der Waals surface area contributed by atoms with E-state index in [9.17, 15) is 8.42 Å². The third-order valence-electron chi connectivity index (χ3n) is 4.51. The molecule has 0 radical (unpaired) electrons. The molecule has 2 aromatic rings. The van der Waals surface area contributed by atoms with E-state index in [1.165, 1.54) is 11.6 Å². The lowest BCUT2D eigenvalue weighted by Crippen LogP contribution is -2.39. The molecule has 132 valence electrons. The van der Waals surface area contributed by atoms with Crippen LogP contribution in [0.25, 0.3) is 0 Å². The van der Waals surface area contributed by atoms with Crippen molar-refractivity contribution in [3.63, 3.8) is 0 Å². The van der Waals surface area contributed by atoms with Crippen LogP contribution >= 0.6 is 0 Å². The van der Waals surface area contributed by atoms with Gasteiger partial charge < -0.3 is 14.8 Å². The van der Waals surface area contributed by atoms with Gasteiger partial charge in [-0.15, -0.1) is 0 Å². The number of ether oxygens (including phenoxy) is 2. The molecule has 2 heterocycles. The summed E-state index contributed by atoms with van der Waals surface area (Å²) in [6, 6.07) is 13.0. The molecule has 2 N–H and O–H groups in total. The molecule has 4 rings (SSSR count). The molecule has 0 saturated heterocycles. The minimum absolute atomic E-state index is 0.0450. The van der Waals surface area contributed by atoms with E-state index < -0.39 is 10.0 Å². The fourth-order valence-corrected chi connectivity index (χ4v) is 4.51. The predicted molar refractivity (Wildman–Crippen MR) is 93.5 cm³/mol. The second kappa shape index (κ2) is 6.67. The molecule has 1 unspecified atom stereocenters. The van der Waals surface area contributed by atoms with Gasteiger partial charge in [0.05, 0.1) is 0 Å². The topological polar surface area (TPSA) is 76.7 Å². The number of hydrogen-bond acceptors (Lipinski definition) is 5. The van der Waals surface area contributed by atoms with Crippen LogP contribution in [0.3, 0.4) is 0 Å². The first-order valence-electron chi connectivity index (χ1n) is 8.34. The largest absolute Gasteiger partial charge is 0.486 e. The fraction of sp³-hybridized carbons (Fsp3) is 0.333. The van der Waals surface area contributed by atoms with Gasteiger partial charge in [-0.3, -0.25) is 0 Å². The molecule has 25 heavy (non-hydrogen) atoms. The maximum Gasteiger partial charge on any atom is 0.244 e. The molecule has 0 aromatic heterocycles. The lowest BCUT2D eigenvalue weighted by molar-refractivity contribution is 0.167. The summed E-state index contributed by atoms with van der Waals surface area (Å²) in [5.41, 5.74) is 2.41. The number of hydrogen-bond donors (Lipinski definition) is 2. The molecule has 0 bridgehead atoms. The van der Waals surface area contributed by atoms with Crippen molar-refractivity contribution in [1.82, 2.24) is 10.0 Å². The zero-order valence-electron chi connectivity index (χ0n) is 13.7. The van der Waals surface area contributed by atoms with Crippen molar-refractivity contribution in [3.05, 3.63) is 53.6 Å². The molecule has 2 aromatic carbocycles. The fourth-order valence-electron chi connectivity index (χ4n) is 3.30. The molecular formula is C18H20N2O4S. The Bertz CT molecular complexity index is 882. The summed E-state index contributed by atoms with van der Waals surface area (Å²) in [5, 5.41) is 3.38. The summed E-state index contributed by atoms with van der Waals surface area (Å²) in [6.45, 7) is 1.88. The van der Waals surface area contributed by atoms with Crippen LogP contribution < -0.4 is 19.5 Å². The summed E-state index contributed by atoms with van der Waals surface area (Å²) in [6.07, 6.45) is 0.955. The molecule has 0 fully saturated rings. The van der Waals surface area contributed by atoms with Crippen LogP contribution in [0.4, 0.5) is 0 Å². The van der Waals surface area contributed by atoms with Crippen molar-refractivity contribution in [2.45, 2.75) is 17.4 Å². The minimum atomic E-state index is -3.70. The molecule has 2 aliphatic rings. The molecule has 2 aliphatic heterocycles. The molecule has 0 saturated carbocycles. The first-order valence-corrected chi connectivity index (χ1v) is 9.83. The normalized spacial score (nSPS) is 19.3. The van der Waals surface area contributed by atoms with Crippen molar-refractivity contribution in [3.8, 4) is 11.5 Å². The first-order chi connectivity index (χ1) is 12.1. The lowest BCUT2D eigenvalue weighted by atomic mass is 9.95. The molecule has 0 amide bonds. The average molecular weight is 360 g/mol. The van der Waals surface area contributed by atoms with Crippen LogP contribution in [0, 0.1) is 0 Å². The smallest absolute Gasteiger partial charge is 0.244 e. The number of benzene rings is 2. The van der Waals surface area contributed by atoms with E-state index in [1.807, 2.05) is 18.2 Å². The number of nitrogens with one attached hydrogen (secondary N) is 2. The highest BCUT2D eigenvalue weighted by atomic mass is 32.2. The standard InChI is InChI=1S/C18H20N2O4S/c21-25(22,17-7-3-6-16-18(17)24-11-10-23-16)20-12-15-14-5-2-1-4-13(14)8-9-19-15/h1-7,15,19-20H,8-12H2. The minimum Gasteiger partial charge on any atom is -0.486 e. The van der Waals surface area contributed by atoms with Gasteiger partial charge in [0.15, 0.2) is 11.5 Å². The summed E-state index contributed by atoms with van der Waals surface area (Å²) in [4.78, 5) is 0.119. The highest BCUT2D eigenvalue weighted by molar-refractivity contribution is 7.89. The predicted octanol–water partition coefficient (Wildman–Crippen LogP) is 1.62. The van der Waals surface area contributed by atoms with E-state index in [4.69, 9.17) is 9.47 Å². The zero-order chi connectivity index (χ0) is 17.3. The van der Waals surface area contributed by atoms with Crippen LogP contribution in [-0.4, -0.2) is 34.7 Å². The maximum absolute atomic E-state index is 12.8. The molecular weight excluding hydrogens is 340 g/mol. The molecule has 6 nitrogen and oxygen atoms in total. The third-order valence-corrected chi connectivity index (χ3v) is 5.96. The Kier molecular flexibility index (Phi) is 4.37. The first kappa shape index (κ1) is 16.4. The Morgan fingerprint density at radius 2 is 1.92 bits per heavy atom. The lowest BCUT2D eigenvalue weighted by Gasteiger charge is -2.27. The number of sulfonamides is 1. The van der Waals surface area contributed by atoms with Gasteiger partial charge in [0.25, 0.3) is 0 Å². The van der Waals surface area contributed by atoms with Crippen molar-refractivity contribution < 1.29 is 17.9 Å². The Labute approximate surface area is 147 Å². The Hall–Kier alpha value is -2.09. The van der Waals surface area contributed by atoms with E-state index in [0.29, 0.717) is 24.7 Å². The number of fused-ring (bicyclic) bond motifs is 2. The monoisotopic (exact) mass is 360 g/mol. The van der Waals surface area contributed by atoms with Gasteiger partial charge in [-0.1, -0.05) is 30.3 Å². The van der Waals surface area contributed by atoms with Gasteiger partial charge in [0, 0.05) is 12.6 Å². The van der Waals surface area contributed by atoms with Crippen molar-refractivity contribution in [1.29, 1.82) is 0 Å². The van der Waals surface area contributed by atoms with E-state index in [1.54, 1.807) is 12.1 Å². The van der Waals surface area contributed by atoms with Crippen molar-refractivity contribution >= 4 is 10.0 Å². The van der Waals surface area contributed by atoms with Crippen LogP contribution in [0.1, 0.15) is 17.2 Å². The van der Waals surface area contributed by atoms with Gasteiger partial charge >= 0.3 is 0 Å². The van der Waals surface area contributed by atoms with Crippen LogP contribution in [0.15, 0.2) is 47.4 Å². The Morgan fingerprint density at radius 3 is 2.84 bits per heavy atom. The van der Waals surface area contributed by atoms with Gasteiger partial charge in [-0.25, -0.2) is 13.1 Å². The van der Waals surface area contributed by atoms with E-state index in [0.717, 1.165) is 18.5 Å². The Balaban J connectivity index is 1.56. The summed E-state index contributed by atoms with van der Waals surface area (Å²) in [7, 11) is -3.70. The van der Waals surface area contributed by atoms with E-state index in [-0.39, 0.29) is 17.5 Å². The van der Waals surface area contributed by atoms with E-state index in [2.05, 4.69) is 16.1 Å². The van der Waals surface area contributed by atoms with Gasteiger partial charge in [-0.05, 0) is 36.2 Å². The summed E-state index contributed by atoms with van der Waals surface area (Å²) >= 11 is 0. The second-order valence-corrected chi connectivity index (χ2v) is 7.82. The number of para-hydroxylation sites is 1. The van der Waals surface area contributed by atoms with Crippen LogP contribution in [0.5, 0.6) is 11.5 Å². The van der Waals surface area contributed by atoms with Gasteiger partial charge in [0.1, 0.15) is 18.1 Å². The molecule has 7 heteroatoms. The summed E-state index contributed by atoms with van der Waals surface area (Å²) < 4.78 is 39.3. The SMILES string of the molecule is O=S(=O)(NCC1NCCc2ccccc21)c1cccc2c1OCCO2. The molecule has 0 spiro atoms. The van der Waals surface area contributed by atoms with Crippen LogP contribution in [0.2, 0.25) is 0 Å². The highest BCUT2D eigenvalue weighted by Gasteiger charge is 2.27. The molecule has 0 aliphatic carbocycles. The van der Waals surface area contributed by atoms with Crippen molar-refractivity contribution in [2.75, 3.05) is 26.3 Å². The van der Waals surface area contributed by atoms with Gasteiger partial charge in [-0.2, -0.15) is 0 Å². The third kappa shape index (κ3) is 3.22. The number of rotatable bonds is 4.